The zero-order valence-electron chi connectivity index (χ0n) is 18.4. The molecule has 4 aromatic rings. The van der Waals surface area contributed by atoms with Crippen molar-refractivity contribution in [2.45, 2.75) is 59.3 Å². The van der Waals surface area contributed by atoms with E-state index in [1.165, 1.54) is 16.5 Å². The van der Waals surface area contributed by atoms with Gasteiger partial charge >= 0.3 is 0 Å². The summed E-state index contributed by atoms with van der Waals surface area (Å²) in [6.45, 7) is 10.1. The summed E-state index contributed by atoms with van der Waals surface area (Å²) in [6, 6.07) is 4.00. The third kappa shape index (κ3) is 3.88. The van der Waals surface area contributed by atoms with Crippen molar-refractivity contribution in [3.8, 4) is 0 Å². The summed E-state index contributed by atoms with van der Waals surface area (Å²) in [5, 5.41) is 4.65. The summed E-state index contributed by atoms with van der Waals surface area (Å²) in [5.41, 5.74) is 5.67. The predicted molar refractivity (Wildman–Crippen MR) is 125 cm³/mol. The highest BCUT2D eigenvalue weighted by Crippen LogP contribution is 2.42. The molecule has 0 amide bonds. The van der Waals surface area contributed by atoms with Crippen LogP contribution in [-0.4, -0.2) is 25.5 Å². The maximum Gasteiger partial charge on any atom is 0.147 e. The zero-order valence-corrected chi connectivity index (χ0v) is 19.2. The van der Waals surface area contributed by atoms with Crippen molar-refractivity contribution >= 4 is 37.6 Å². The molecule has 5 rings (SSSR count). The van der Waals surface area contributed by atoms with Crippen molar-refractivity contribution in [2.24, 2.45) is 5.92 Å². The van der Waals surface area contributed by atoms with Gasteiger partial charge in [-0.3, -0.25) is 4.98 Å². The summed E-state index contributed by atoms with van der Waals surface area (Å²) >= 11 is 1.68. The molecule has 1 aliphatic rings. The molecule has 0 atom stereocenters. The minimum absolute atomic E-state index is 0.195. The monoisotopic (exact) mass is 433 g/mol. The molecule has 0 saturated carbocycles. The maximum absolute atomic E-state index is 6.18. The van der Waals surface area contributed by atoms with Crippen LogP contribution in [0.5, 0.6) is 0 Å². The van der Waals surface area contributed by atoms with Gasteiger partial charge in [0.1, 0.15) is 17.0 Å². The summed E-state index contributed by atoms with van der Waals surface area (Å²) in [4.78, 5) is 19.6. The zero-order chi connectivity index (χ0) is 21.6. The fraction of sp³-hybridized carbons (Fsp3) is 0.417. The third-order valence-corrected chi connectivity index (χ3v) is 6.78. The van der Waals surface area contributed by atoms with Gasteiger partial charge in [0.25, 0.3) is 0 Å². The Morgan fingerprint density at radius 3 is 2.87 bits per heavy atom. The Kier molecular flexibility index (Phi) is 5.10. The molecule has 0 spiro atoms. The van der Waals surface area contributed by atoms with Gasteiger partial charge in [-0.25, -0.2) is 15.0 Å². The average molecular weight is 434 g/mol. The lowest BCUT2D eigenvalue weighted by molar-refractivity contribution is -0.0402. The number of hydrogen-bond donors (Lipinski definition) is 1. The van der Waals surface area contributed by atoms with E-state index in [-0.39, 0.29) is 5.60 Å². The number of anilines is 1. The topological polar surface area (TPSA) is 72.8 Å². The van der Waals surface area contributed by atoms with E-state index in [1.54, 1.807) is 23.9 Å². The van der Waals surface area contributed by atoms with Crippen LogP contribution in [0.15, 0.2) is 30.9 Å². The summed E-state index contributed by atoms with van der Waals surface area (Å²) in [6.07, 6.45) is 7.12. The van der Waals surface area contributed by atoms with Crippen LogP contribution in [0.4, 0.5) is 5.82 Å². The largest absolute Gasteiger partial charge is 0.370 e. The molecule has 31 heavy (non-hydrogen) atoms. The number of rotatable bonds is 5. The molecule has 0 aromatic carbocycles. The number of aromatic nitrogens is 4. The first kappa shape index (κ1) is 20.3. The second-order valence-electron chi connectivity index (χ2n) is 9.24. The number of nitrogens with one attached hydrogen (secondary N) is 1. The number of thiophene rings is 1. The number of hydrogen-bond acceptors (Lipinski definition) is 7. The highest BCUT2D eigenvalue weighted by atomic mass is 32.1. The van der Waals surface area contributed by atoms with Crippen LogP contribution in [0.3, 0.4) is 0 Å². The van der Waals surface area contributed by atoms with Crippen LogP contribution >= 0.6 is 11.3 Å². The van der Waals surface area contributed by atoms with E-state index in [0.29, 0.717) is 19.1 Å². The predicted octanol–water partition coefficient (Wildman–Crippen LogP) is 5.30. The summed E-state index contributed by atoms with van der Waals surface area (Å²) < 4.78 is 7.23. The van der Waals surface area contributed by atoms with E-state index in [4.69, 9.17) is 14.7 Å². The quantitative estimate of drug-likeness (QED) is 0.461. The van der Waals surface area contributed by atoms with Crippen LogP contribution in [0.2, 0.25) is 0 Å². The van der Waals surface area contributed by atoms with Crippen LogP contribution < -0.4 is 5.32 Å². The molecular formula is C24H27N5OS. The van der Waals surface area contributed by atoms with Crippen LogP contribution in [-0.2, 0) is 30.7 Å². The standard InChI is InChI=1S/C24H27N5OS/c1-14(2)8-18-17-12-30-24(3,4)9-16(17)19-20-21(31-23(19)29-18)22(28-13-27-20)26-11-15-6-5-7-25-10-15/h5-7,10,13-14H,8-9,11-12H2,1-4H3,(H,26,27,28). The fourth-order valence-corrected chi connectivity index (χ4v) is 5.39. The Hall–Kier alpha value is -2.64. The van der Waals surface area contributed by atoms with Crippen LogP contribution in [0.1, 0.15) is 50.1 Å². The van der Waals surface area contributed by atoms with Crippen molar-refractivity contribution in [1.29, 1.82) is 0 Å². The maximum atomic E-state index is 6.18. The molecule has 1 N–H and O–H groups in total. The molecule has 0 fully saturated rings. The van der Waals surface area contributed by atoms with Gasteiger partial charge in [0.2, 0.25) is 0 Å². The SMILES string of the molecule is CC(C)Cc1nc2sc3c(NCc4cccnc4)ncnc3c2c2c1COC(C)(C)C2. The molecule has 0 radical (unpaired) electrons. The molecule has 4 aromatic heterocycles. The first-order valence-corrected chi connectivity index (χ1v) is 11.6. The fourth-order valence-electron chi connectivity index (χ4n) is 4.24. The van der Waals surface area contributed by atoms with E-state index in [1.807, 2.05) is 12.3 Å². The Morgan fingerprint density at radius 1 is 1.23 bits per heavy atom. The first-order valence-electron chi connectivity index (χ1n) is 10.8. The number of fused-ring (bicyclic) bond motifs is 5. The lowest BCUT2D eigenvalue weighted by Crippen LogP contribution is -2.33. The van der Waals surface area contributed by atoms with Crippen LogP contribution in [0.25, 0.3) is 20.4 Å². The Balaban J connectivity index is 1.65. The Morgan fingerprint density at radius 2 is 2.10 bits per heavy atom. The van der Waals surface area contributed by atoms with Crippen molar-refractivity contribution in [2.75, 3.05) is 5.32 Å². The van der Waals surface area contributed by atoms with Crippen molar-refractivity contribution < 1.29 is 4.74 Å². The molecule has 0 unspecified atom stereocenters. The van der Waals surface area contributed by atoms with E-state index in [0.717, 1.165) is 45.0 Å². The minimum Gasteiger partial charge on any atom is -0.370 e. The van der Waals surface area contributed by atoms with Crippen LogP contribution in [0, 0.1) is 5.92 Å². The lowest BCUT2D eigenvalue weighted by atomic mass is 9.88. The van der Waals surface area contributed by atoms with Gasteiger partial charge in [-0.2, -0.15) is 0 Å². The van der Waals surface area contributed by atoms with Gasteiger partial charge in [0.15, 0.2) is 0 Å². The average Bonchev–Trinajstić information content (AvgIpc) is 3.11. The molecule has 0 aliphatic carbocycles. The van der Waals surface area contributed by atoms with Gasteiger partial charge in [-0.1, -0.05) is 19.9 Å². The number of pyridine rings is 2. The highest BCUT2D eigenvalue weighted by Gasteiger charge is 2.31. The molecule has 0 saturated heterocycles. The molecule has 0 bridgehead atoms. The lowest BCUT2D eigenvalue weighted by Gasteiger charge is -2.33. The smallest absolute Gasteiger partial charge is 0.147 e. The Bertz CT molecular complexity index is 1250. The van der Waals surface area contributed by atoms with Gasteiger partial charge < -0.3 is 10.1 Å². The second kappa shape index (κ2) is 7.80. The van der Waals surface area contributed by atoms with Crippen molar-refractivity contribution in [3.05, 3.63) is 53.2 Å². The van der Waals surface area contributed by atoms with Crippen molar-refractivity contribution in [3.63, 3.8) is 0 Å². The summed E-state index contributed by atoms with van der Waals surface area (Å²) in [5.74, 6) is 1.39. The molecule has 5 heterocycles. The number of ether oxygens (including phenoxy) is 1. The normalized spacial score (nSPS) is 15.5. The van der Waals surface area contributed by atoms with E-state index in [2.05, 4.69) is 49.0 Å². The minimum atomic E-state index is -0.195. The third-order valence-electron chi connectivity index (χ3n) is 5.70. The van der Waals surface area contributed by atoms with Crippen molar-refractivity contribution in [1.82, 2.24) is 19.9 Å². The highest BCUT2D eigenvalue weighted by molar-refractivity contribution is 7.26. The first-order chi connectivity index (χ1) is 14.9. The molecular weight excluding hydrogens is 406 g/mol. The van der Waals surface area contributed by atoms with Gasteiger partial charge in [-0.05, 0) is 43.4 Å². The molecule has 7 heteroatoms. The number of nitrogens with zero attached hydrogens (tertiary/aromatic N) is 4. The van der Waals surface area contributed by atoms with E-state index in [9.17, 15) is 0 Å². The molecule has 6 nitrogen and oxygen atoms in total. The Labute approximate surface area is 186 Å². The molecule has 160 valence electrons. The van der Waals surface area contributed by atoms with Gasteiger partial charge in [-0.15, -0.1) is 11.3 Å². The van der Waals surface area contributed by atoms with Gasteiger partial charge in [0.05, 0.1) is 22.4 Å². The second-order valence-corrected chi connectivity index (χ2v) is 10.2. The van der Waals surface area contributed by atoms with E-state index >= 15 is 0 Å². The molecule has 1 aliphatic heterocycles. The summed E-state index contributed by atoms with van der Waals surface area (Å²) in [7, 11) is 0. The van der Waals surface area contributed by atoms with Gasteiger partial charge in [0, 0.05) is 42.0 Å². The van der Waals surface area contributed by atoms with E-state index < -0.39 is 0 Å².